The average Bonchev–Trinajstić information content (AvgIpc) is 2.82. The molecule has 1 aliphatic heterocycles. The Labute approximate surface area is 192 Å². The molecule has 0 aromatic heterocycles. The number of ether oxygens (including phenoxy) is 4. The Morgan fingerprint density at radius 1 is 0.562 bits per heavy atom. The second-order valence-electron chi connectivity index (χ2n) is 8.17. The summed E-state index contributed by atoms with van der Waals surface area (Å²) in [6.07, 6.45) is 1.74. The van der Waals surface area contributed by atoms with E-state index in [1.165, 1.54) is 11.1 Å². The zero-order valence-electron chi connectivity index (χ0n) is 19.1. The van der Waals surface area contributed by atoms with Gasteiger partial charge in [0.05, 0.1) is 52.9 Å². The predicted molar refractivity (Wildman–Crippen MR) is 127 cm³/mol. The van der Waals surface area contributed by atoms with Gasteiger partial charge in [0, 0.05) is 25.2 Å². The highest BCUT2D eigenvalue weighted by molar-refractivity contribution is 5.23. The maximum atomic E-state index is 6.17. The molecule has 1 aliphatic rings. The molecule has 3 rings (SSSR count). The number of rotatable bonds is 4. The molecule has 1 fully saturated rings. The van der Waals surface area contributed by atoms with Crippen LogP contribution in [0.2, 0.25) is 0 Å². The van der Waals surface area contributed by atoms with Crippen LogP contribution in [-0.2, 0) is 31.8 Å². The van der Waals surface area contributed by atoms with Gasteiger partial charge in [-0.15, -0.1) is 0 Å². The molecular weight excluding hydrogens is 404 g/mol. The van der Waals surface area contributed by atoms with Gasteiger partial charge in [0.25, 0.3) is 0 Å². The maximum Gasteiger partial charge on any atom is 0.0701 e. The van der Waals surface area contributed by atoms with Crippen molar-refractivity contribution < 1.29 is 18.9 Å². The fraction of sp³-hybridized carbons (Fsp3) is 0.538. The number of nitrogens with one attached hydrogen (secondary N) is 2. The van der Waals surface area contributed by atoms with Crippen molar-refractivity contribution in [2.24, 2.45) is 0 Å². The van der Waals surface area contributed by atoms with Crippen molar-refractivity contribution in [3.8, 4) is 0 Å². The third-order valence-electron chi connectivity index (χ3n) is 5.49. The van der Waals surface area contributed by atoms with Crippen molar-refractivity contribution in [3.05, 3.63) is 71.8 Å². The monoisotopic (exact) mass is 442 g/mol. The molecule has 6 nitrogen and oxygen atoms in total. The van der Waals surface area contributed by atoms with Crippen molar-refractivity contribution in [1.82, 2.24) is 10.6 Å². The summed E-state index contributed by atoms with van der Waals surface area (Å²) < 4.78 is 23.3. The second kappa shape index (κ2) is 15.1. The largest absolute Gasteiger partial charge is 0.378 e. The van der Waals surface area contributed by atoms with E-state index in [0.29, 0.717) is 52.9 Å². The molecule has 2 aromatic carbocycles. The van der Waals surface area contributed by atoms with Gasteiger partial charge < -0.3 is 29.6 Å². The van der Waals surface area contributed by atoms with Gasteiger partial charge in [0.15, 0.2) is 0 Å². The van der Waals surface area contributed by atoms with E-state index in [0.717, 1.165) is 32.5 Å². The van der Waals surface area contributed by atoms with E-state index in [1.807, 2.05) is 0 Å². The number of benzene rings is 2. The molecule has 0 saturated carbocycles. The smallest absolute Gasteiger partial charge is 0.0701 e. The minimum atomic E-state index is -0.241. The summed E-state index contributed by atoms with van der Waals surface area (Å²) in [7, 11) is 0. The Morgan fingerprint density at radius 2 is 1.03 bits per heavy atom. The lowest BCUT2D eigenvalue weighted by Crippen LogP contribution is -2.54. The van der Waals surface area contributed by atoms with E-state index in [9.17, 15) is 0 Å². The molecule has 1 saturated heterocycles. The molecule has 0 bridgehead atoms. The van der Waals surface area contributed by atoms with Gasteiger partial charge in [0.2, 0.25) is 0 Å². The Morgan fingerprint density at radius 3 is 1.56 bits per heavy atom. The fourth-order valence-corrected chi connectivity index (χ4v) is 3.93. The lowest BCUT2D eigenvalue weighted by Gasteiger charge is -2.35. The van der Waals surface area contributed by atoms with Crippen LogP contribution in [0.4, 0.5) is 0 Å². The van der Waals surface area contributed by atoms with Crippen LogP contribution in [0.1, 0.15) is 11.1 Å². The predicted octanol–water partition coefficient (Wildman–Crippen LogP) is 2.47. The van der Waals surface area contributed by atoms with E-state index < -0.39 is 0 Å². The lowest BCUT2D eigenvalue weighted by atomic mass is 9.85. The first-order valence-corrected chi connectivity index (χ1v) is 11.7. The van der Waals surface area contributed by atoms with Crippen molar-refractivity contribution in [1.29, 1.82) is 0 Å². The van der Waals surface area contributed by atoms with Gasteiger partial charge >= 0.3 is 0 Å². The minimum Gasteiger partial charge on any atom is -0.378 e. The molecule has 0 radical (unpaired) electrons. The van der Waals surface area contributed by atoms with Crippen LogP contribution in [0, 0.1) is 0 Å². The van der Waals surface area contributed by atoms with Gasteiger partial charge in [0.1, 0.15) is 0 Å². The summed E-state index contributed by atoms with van der Waals surface area (Å²) in [5.74, 6) is 0. The van der Waals surface area contributed by atoms with Gasteiger partial charge in [-0.2, -0.15) is 0 Å². The zero-order chi connectivity index (χ0) is 22.2. The summed E-state index contributed by atoms with van der Waals surface area (Å²) in [6.45, 7) is 7.35. The van der Waals surface area contributed by atoms with E-state index in [2.05, 4.69) is 71.3 Å². The molecular formula is C26H38N2O4. The standard InChI is InChI=1S/C26H38N2O4/c1-3-7-24(8-4-1)21-26(22-25-9-5-2-6-10-25)23-32-20-19-30-15-12-27-11-14-29-17-18-31-16-13-28-26/h1-10,27-28H,11-23H2. The van der Waals surface area contributed by atoms with Gasteiger partial charge in [-0.1, -0.05) is 60.7 Å². The van der Waals surface area contributed by atoms with Crippen molar-refractivity contribution in [2.45, 2.75) is 18.4 Å². The highest BCUT2D eigenvalue weighted by Gasteiger charge is 2.31. The van der Waals surface area contributed by atoms with Crippen LogP contribution in [0.25, 0.3) is 0 Å². The van der Waals surface area contributed by atoms with Crippen molar-refractivity contribution >= 4 is 0 Å². The zero-order valence-corrected chi connectivity index (χ0v) is 19.1. The van der Waals surface area contributed by atoms with Crippen LogP contribution < -0.4 is 10.6 Å². The summed E-state index contributed by atoms with van der Waals surface area (Å²) >= 11 is 0. The highest BCUT2D eigenvalue weighted by atomic mass is 16.5. The number of hydrogen-bond donors (Lipinski definition) is 2. The molecule has 0 spiro atoms. The molecule has 0 atom stereocenters. The molecule has 0 aliphatic carbocycles. The molecule has 32 heavy (non-hydrogen) atoms. The fourth-order valence-electron chi connectivity index (χ4n) is 3.93. The summed E-state index contributed by atoms with van der Waals surface area (Å²) in [6, 6.07) is 21.2. The summed E-state index contributed by atoms with van der Waals surface area (Å²) in [5.41, 5.74) is 2.34. The van der Waals surface area contributed by atoms with Crippen LogP contribution >= 0.6 is 0 Å². The van der Waals surface area contributed by atoms with Gasteiger partial charge in [-0.25, -0.2) is 0 Å². The maximum absolute atomic E-state index is 6.17. The quantitative estimate of drug-likeness (QED) is 0.759. The molecule has 0 unspecified atom stereocenters. The Hall–Kier alpha value is -1.80. The summed E-state index contributed by atoms with van der Waals surface area (Å²) in [5, 5.41) is 7.11. The molecule has 2 N–H and O–H groups in total. The van der Waals surface area contributed by atoms with Crippen molar-refractivity contribution in [3.63, 3.8) is 0 Å². The van der Waals surface area contributed by atoms with Crippen LogP contribution in [0.3, 0.4) is 0 Å². The Bertz CT molecular complexity index is 653. The molecule has 176 valence electrons. The van der Waals surface area contributed by atoms with Gasteiger partial charge in [-0.05, 0) is 24.0 Å². The Balaban J connectivity index is 1.69. The van der Waals surface area contributed by atoms with Crippen molar-refractivity contribution in [2.75, 3.05) is 72.5 Å². The number of hydrogen-bond acceptors (Lipinski definition) is 6. The highest BCUT2D eigenvalue weighted by Crippen LogP contribution is 2.21. The van der Waals surface area contributed by atoms with Gasteiger partial charge in [-0.3, -0.25) is 0 Å². The normalized spacial score (nSPS) is 20.1. The first kappa shape index (κ1) is 24.8. The SMILES string of the molecule is c1ccc(CC2(Cc3ccccc3)COCCOCCNCCOCCOCCN2)cc1. The minimum absolute atomic E-state index is 0.241. The van der Waals surface area contributed by atoms with E-state index in [-0.39, 0.29) is 5.54 Å². The van der Waals surface area contributed by atoms with E-state index in [1.54, 1.807) is 0 Å². The molecule has 6 heteroatoms. The topological polar surface area (TPSA) is 61.0 Å². The second-order valence-corrected chi connectivity index (χ2v) is 8.17. The lowest BCUT2D eigenvalue weighted by molar-refractivity contribution is 0.0119. The first-order valence-electron chi connectivity index (χ1n) is 11.7. The van der Waals surface area contributed by atoms with Crippen LogP contribution in [-0.4, -0.2) is 78.0 Å². The third kappa shape index (κ3) is 9.77. The van der Waals surface area contributed by atoms with E-state index >= 15 is 0 Å². The van der Waals surface area contributed by atoms with E-state index in [4.69, 9.17) is 18.9 Å². The van der Waals surface area contributed by atoms with Crippen LogP contribution in [0.5, 0.6) is 0 Å². The Kier molecular flexibility index (Phi) is 11.7. The first-order chi connectivity index (χ1) is 15.9. The summed E-state index contributed by atoms with van der Waals surface area (Å²) in [4.78, 5) is 0. The van der Waals surface area contributed by atoms with Crippen LogP contribution in [0.15, 0.2) is 60.7 Å². The molecule has 1 heterocycles. The third-order valence-corrected chi connectivity index (χ3v) is 5.49. The molecule has 0 amide bonds. The molecule has 2 aromatic rings. The average molecular weight is 443 g/mol.